The molecule has 2 nitrogen and oxygen atoms in total. The normalized spacial score (nSPS) is 14.4. The van der Waals surface area contributed by atoms with Gasteiger partial charge in [0.1, 0.15) is 0 Å². The van der Waals surface area contributed by atoms with Crippen molar-refractivity contribution in [2.24, 2.45) is 0 Å². The minimum absolute atomic E-state index is 0.0829. The maximum Gasteiger partial charge on any atom is 0.0543 e. The third-order valence-corrected chi connectivity index (χ3v) is 11.6. The van der Waals surface area contributed by atoms with Gasteiger partial charge >= 0.3 is 0 Å². The van der Waals surface area contributed by atoms with E-state index in [0.717, 1.165) is 34.7 Å². The summed E-state index contributed by atoms with van der Waals surface area (Å²) < 4.78 is 0. The summed E-state index contributed by atoms with van der Waals surface area (Å²) in [5, 5.41) is 2.51. The van der Waals surface area contributed by atoms with Crippen molar-refractivity contribution in [3.8, 4) is 0 Å². The molecule has 2 aliphatic carbocycles. The molecule has 0 N–H and O–H groups in total. The zero-order valence-corrected chi connectivity index (χ0v) is 33.4. The zero-order valence-electron chi connectivity index (χ0n) is 33.4. The Kier molecular flexibility index (Phi) is 10.2. The number of para-hydroxylation sites is 2. The lowest BCUT2D eigenvalue weighted by atomic mass is 9.75. The number of benzene rings is 8. The molecule has 0 amide bonds. The van der Waals surface area contributed by atoms with Gasteiger partial charge in [-0.05, 0) is 98.9 Å². The smallest absolute Gasteiger partial charge is 0.0543 e. The van der Waals surface area contributed by atoms with E-state index in [9.17, 15) is 0 Å². The van der Waals surface area contributed by atoms with E-state index in [-0.39, 0.29) is 5.92 Å². The average molecular weight is 769 g/mol. The van der Waals surface area contributed by atoms with Crippen molar-refractivity contribution < 1.29 is 0 Å². The van der Waals surface area contributed by atoms with Crippen molar-refractivity contribution in [2.45, 2.75) is 12.3 Å². The van der Waals surface area contributed by atoms with E-state index >= 15 is 0 Å². The molecular formula is C58H44N2. The zero-order chi connectivity index (χ0) is 40.1. The number of allylic oxidation sites excluding steroid dienone is 6. The second-order valence-electron chi connectivity index (χ2n) is 15.3. The number of hydrogen-bond donors (Lipinski definition) is 0. The molecule has 60 heavy (non-hydrogen) atoms. The standard InChI is InChI=1S/C58H44N2/c1-5-17-43(18-6-1)29-31-45-33-37-49(38-34-45)59(47-21-9-3-10-22-47)57-41-55-52-26-14-16-28-54(52)58(42-56(55)51-25-13-15-27-53(51)57)60(48-23-11-4-12-24-48)50-39-35-46(36-40-50)32-30-44-19-7-2-8-20-44/h1-41,52H,42H2. The van der Waals surface area contributed by atoms with Crippen LogP contribution in [0.1, 0.15) is 39.3 Å². The minimum Gasteiger partial charge on any atom is -0.314 e. The van der Waals surface area contributed by atoms with Crippen LogP contribution in [-0.4, -0.2) is 0 Å². The average Bonchev–Trinajstić information content (AvgIpc) is 3.33. The quantitative estimate of drug-likeness (QED) is 0.128. The van der Waals surface area contributed by atoms with Crippen molar-refractivity contribution in [1.29, 1.82) is 0 Å². The van der Waals surface area contributed by atoms with Crippen LogP contribution in [0.2, 0.25) is 0 Å². The van der Waals surface area contributed by atoms with Crippen molar-refractivity contribution in [2.75, 3.05) is 9.80 Å². The molecule has 0 bridgehead atoms. The fourth-order valence-corrected chi connectivity index (χ4v) is 8.69. The molecule has 1 unspecified atom stereocenters. The highest BCUT2D eigenvalue weighted by molar-refractivity contribution is 6.02. The Morgan fingerprint density at radius 2 is 0.833 bits per heavy atom. The molecule has 2 heteroatoms. The lowest BCUT2D eigenvalue weighted by Crippen LogP contribution is -2.26. The first kappa shape index (κ1) is 36.6. The van der Waals surface area contributed by atoms with Crippen LogP contribution < -0.4 is 9.80 Å². The molecule has 8 aromatic carbocycles. The molecule has 10 rings (SSSR count). The number of rotatable bonds is 10. The van der Waals surface area contributed by atoms with Crippen molar-refractivity contribution in [3.63, 3.8) is 0 Å². The van der Waals surface area contributed by atoms with E-state index in [0.29, 0.717) is 0 Å². The summed E-state index contributed by atoms with van der Waals surface area (Å²) >= 11 is 0. The van der Waals surface area contributed by atoms with Crippen LogP contribution in [0.25, 0.3) is 35.1 Å². The second kappa shape index (κ2) is 16.7. The summed E-state index contributed by atoms with van der Waals surface area (Å²) in [7, 11) is 0. The Hall–Kier alpha value is -7.68. The summed E-state index contributed by atoms with van der Waals surface area (Å²) in [6, 6.07) is 71.9. The van der Waals surface area contributed by atoms with Gasteiger partial charge in [-0.25, -0.2) is 0 Å². The highest BCUT2D eigenvalue weighted by atomic mass is 15.2. The third-order valence-electron chi connectivity index (χ3n) is 11.6. The Morgan fingerprint density at radius 3 is 1.38 bits per heavy atom. The molecule has 0 saturated carbocycles. The van der Waals surface area contributed by atoms with Crippen LogP contribution in [-0.2, 0) is 6.42 Å². The monoisotopic (exact) mass is 768 g/mol. The van der Waals surface area contributed by atoms with Gasteiger partial charge in [0, 0.05) is 46.2 Å². The molecule has 0 fully saturated rings. The first-order chi connectivity index (χ1) is 29.8. The SMILES string of the molecule is C1=CC2=C(N(c3ccccc3)c3ccc(C=Cc4ccccc4)cc3)Cc3c(cc(N(c4ccccc4)c4ccc(C=Cc5ccccc5)cc4)c4ccccc34)C2C=C1. The third kappa shape index (κ3) is 7.43. The summed E-state index contributed by atoms with van der Waals surface area (Å²) in [6.07, 6.45) is 18.6. The Bertz CT molecular complexity index is 2900. The van der Waals surface area contributed by atoms with Gasteiger partial charge in [-0.1, -0.05) is 194 Å². The number of nitrogens with zero attached hydrogens (tertiary/aromatic N) is 2. The van der Waals surface area contributed by atoms with Gasteiger partial charge in [-0.15, -0.1) is 0 Å². The summed E-state index contributed by atoms with van der Waals surface area (Å²) in [5.41, 5.74) is 15.8. The Balaban J connectivity index is 1.08. The van der Waals surface area contributed by atoms with E-state index in [1.807, 2.05) is 0 Å². The largest absolute Gasteiger partial charge is 0.314 e. The van der Waals surface area contributed by atoms with Crippen molar-refractivity contribution in [1.82, 2.24) is 0 Å². The van der Waals surface area contributed by atoms with E-state index in [2.05, 4.69) is 259 Å². The van der Waals surface area contributed by atoms with Gasteiger partial charge in [0.15, 0.2) is 0 Å². The summed E-state index contributed by atoms with van der Waals surface area (Å²) in [5.74, 6) is 0.0829. The van der Waals surface area contributed by atoms with Gasteiger partial charge in [0.05, 0.1) is 5.69 Å². The van der Waals surface area contributed by atoms with Crippen molar-refractivity contribution >= 4 is 63.5 Å². The van der Waals surface area contributed by atoms with Gasteiger partial charge in [-0.3, -0.25) is 0 Å². The van der Waals surface area contributed by atoms with E-state index in [4.69, 9.17) is 0 Å². The second-order valence-corrected chi connectivity index (χ2v) is 15.3. The van der Waals surface area contributed by atoms with E-state index in [1.54, 1.807) is 0 Å². The van der Waals surface area contributed by atoms with Crippen LogP contribution in [0.4, 0.5) is 28.4 Å². The molecule has 0 heterocycles. The Labute approximate surface area is 353 Å². The molecule has 8 aromatic rings. The lowest BCUT2D eigenvalue weighted by Gasteiger charge is -2.38. The van der Waals surface area contributed by atoms with E-state index in [1.165, 1.54) is 55.5 Å². The predicted molar refractivity (Wildman–Crippen MR) is 256 cm³/mol. The summed E-state index contributed by atoms with van der Waals surface area (Å²) in [6.45, 7) is 0. The first-order valence-corrected chi connectivity index (χ1v) is 20.8. The molecule has 2 aliphatic rings. The van der Waals surface area contributed by atoms with E-state index < -0.39 is 0 Å². The highest BCUT2D eigenvalue weighted by Gasteiger charge is 2.33. The number of fused-ring (bicyclic) bond motifs is 5. The molecular weight excluding hydrogens is 725 g/mol. The minimum atomic E-state index is 0.0829. The topological polar surface area (TPSA) is 6.48 Å². The molecule has 1 atom stereocenters. The van der Waals surface area contributed by atoms with Crippen LogP contribution in [0, 0.1) is 0 Å². The maximum atomic E-state index is 2.48. The predicted octanol–water partition coefficient (Wildman–Crippen LogP) is 15.5. The molecule has 0 spiro atoms. The highest BCUT2D eigenvalue weighted by Crippen LogP contribution is 2.49. The van der Waals surface area contributed by atoms with Gasteiger partial charge in [-0.2, -0.15) is 0 Å². The summed E-state index contributed by atoms with van der Waals surface area (Å²) in [4.78, 5) is 4.91. The number of hydrogen-bond acceptors (Lipinski definition) is 2. The Morgan fingerprint density at radius 1 is 0.400 bits per heavy atom. The molecule has 286 valence electrons. The lowest BCUT2D eigenvalue weighted by molar-refractivity contribution is 0.874. The fraction of sp³-hybridized carbons (Fsp3) is 0.0345. The maximum absolute atomic E-state index is 2.48. The molecule has 0 radical (unpaired) electrons. The van der Waals surface area contributed by atoms with Crippen LogP contribution >= 0.6 is 0 Å². The fourth-order valence-electron chi connectivity index (χ4n) is 8.69. The van der Waals surface area contributed by atoms with Gasteiger partial charge in [0.25, 0.3) is 0 Å². The molecule has 0 saturated heterocycles. The van der Waals surface area contributed by atoms with Crippen LogP contribution in [0.3, 0.4) is 0 Å². The van der Waals surface area contributed by atoms with Crippen LogP contribution in [0.15, 0.2) is 236 Å². The van der Waals surface area contributed by atoms with Crippen molar-refractivity contribution in [3.05, 3.63) is 269 Å². The molecule has 0 aliphatic heterocycles. The van der Waals surface area contributed by atoms with Gasteiger partial charge in [0.2, 0.25) is 0 Å². The number of anilines is 5. The first-order valence-electron chi connectivity index (χ1n) is 20.8. The van der Waals surface area contributed by atoms with Gasteiger partial charge < -0.3 is 9.80 Å². The van der Waals surface area contributed by atoms with Crippen LogP contribution in [0.5, 0.6) is 0 Å². The molecule has 0 aromatic heterocycles.